The molecular weight excluding hydrogens is 390 g/mol. The van der Waals surface area contributed by atoms with Gasteiger partial charge in [-0.2, -0.15) is 0 Å². The van der Waals surface area contributed by atoms with Gasteiger partial charge in [-0.1, -0.05) is 29.5 Å². The summed E-state index contributed by atoms with van der Waals surface area (Å²) in [6.07, 6.45) is 0. The number of methoxy groups -OCH3 is 3. The molecule has 2 aromatic carbocycles. The van der Waals surface area contributed by atoms with Crippen LogP contribution in [0.25, 0.3) is 11.4 Å². The highest BCUT2D eigenvalue weighted by molar-refractivity contribution is 7.99. The van der Waals surface area contributed by atoms with Crippen LogP contribution in [0.2, 0.25) is 0 Å². The highest BCUT2D eigenvalue weighted by atomic mass is 32.2. The smallest absolute Gasteiger partial charge is 0.211 e. The molecule has 0 radical (unpaired) electrons. The summed E-state index contributed by atoms with van der Waals surface area (Å²) in [5, 5.41) is 9.40. The molecule has 0 fully saturated rings. The molecule has 0 bridgehead atoms. The van der Waals surface area contributed by atoms with E-state index in [2.05, 4.69) is 22.5 Å². The van der Waals surface area contributed by atoms with Crippen molar-refractivity contribution >= 4 is 23.3 Å². The number of thioether (sulfide) groups is 1. The van der Waals surface area contributed by atoms with E-state index in [4.69, 9.17) is 19.2 Å². The maximum atomic E-state index is 5.46. The quantitative estimate of drug-likeness (QED) is 0.686. The number of hydrogen-bond acceptors (Lipinski definition) is 7. The van der Waals surface area contributed by atoms with Gasteiger partial charge in [0, 0.05) is 5.56 Å². The second kappa shape index (κ2) is 8.04. The first-order valence-corrected chi connectivity index (χ1v) is 9.91. The Morgan fingerprint density at radius 3 is 2.31 bits per heavy atom. The number of benzene rings is 2. The van der Waals surface area contributed by atoms with Crippen LogP contribution >= 0.6 is 11.8 Å². The third-order valence-corrected chi connectivity index (χ3v) is 5.37. The molecule has 1 N–H and O–H groups in total. The molecule has 4 rings (SSSR count). The summed E-state index contributed by atoms with van der Waals surface area (Å²) in [6.45, 7) is 2.05. The lowest BCUT2D eigenvalue weighted by atomic mass is 10.1. The van der Waals surface area contributed by atoms with Gasteiger partial charge in [-0.05, 0) is 31.2 Å². The standard InChI is InChI=1S/C20H21N5O3S/c1-12-5-7-14(8-6-12)21-17-11-29-20-23-22-19(25(20)24-17)13-9-15(26-2)18(28-4)16(10-13)27-3/h5-10H,11H2,1-4H3,(H,21,24). The second-order valence-electron chi connectivity index (χ2n) is 6.35. The Bertz CT molecular complexity index is 1040. The highest BCUT2D eigenvalue weighted by Crippen LogP contribution is 2.41. The third-order valence-electron chi connectivity index (χ3n) is 4.43. The summed E-state index contributed by atoms with van der Waals surface area (Å²) < 4.78 is 18.1. The van der Waals surface area contributed by atoms with Crippen molar-refractivity contribution in [2.75, 3.05) is 32.5 Å². The van der Waals surface area contributed by atoms with Crippen LogP contribution in [0, 0.1) is 6.92 Å². The molecular formula is C20H21N5O3S. The molecule has 0 saturated heterocycles. The number of aliphatic imine (C=N–C) groups is 1. The van der Waals surface area contributed by atoms with Gasteiger partial charge >= 0.3 is 0 Å². The van der Waals surface area contributed by atoms with E-state index in [1.165, 1.54) is 5.56 Å². The average Bonchev–Trinajstić information content (AvgIpc) is 3.17. The highest BCUT2D eigenvalue weighted by Gasteiger charge is 2.23. The Kier molecular flexibility index (Phi) is 5.30. The zero-order valence-corrected chi connectivity index (χ0v) is 17.4. The van der Waals surface area contributed by atoms with Crippen LogP contribution in [0.3, 0.4) is 0 Å². The Morgan fingerprint density at radius 2 is 1.69 bits per heavy atom. The topological polar surface area (TPSA) is 82.8 Å². The Balaban J connectivity index is 1.71. The van der Waals surface area contributed by atoms with E-state index in [-0.39, 0.29) is 0 Å². The number of ether oxygens (including phenoxy) is 3. The maximum Gasteiger partial charge on any atom is 0.211 e. The lowest BCUT2D eigenvalue weighted by Crippen LogP contribution is -2.30. The van der Waals surface area contributed by atoms with Crippen molar-refractivity contribution in [1.29, 1.82) is 0 Å². The van der Waals surface area contributed by atoms with Gasteiger partial charge in [-0.25, -0.2) is 9.67 Å². The van der Waals surface area contributed by atoms with Crippen molar-refractivity contribution in [2.24, 2.45) is 4.99 Å². The van der Waals surface area contributed by atoms with Gasteiger partial charge in [-0.15, -0.1) is 10.2 Å². The Labute approximate surface area is 172 Å². The number of nitrogens with zero attached hydrogens (tertiary/aromatic N) is 4. The second-order valence-corrected chi connectivity index (χ2v) is 7.29. The SMILES string of the molecule is COc1cc(-c2nnc3n2NC(=Nc2ccc(C)cc2)CS3)cc(OC)c1OC. The monoisotopic (exact) mass is 411 g/mol. The molecule has 8 nitrogen and oxygen atoms in total. The Morgan fingerprint density at radius 1 is 1.00 bits per heavy atom. The van der Waals surface area contributed by atoms with Crippen LogP contribution in [0.15, 0.2) is 46.5 Å². The minimum absolute atomic E-state index is 0.529. The summed E-state index contributed by atoms with van der Waals surface area (Å²) in [5.41, 5.74) is 6.19. The number of aryl methyl sites for hydroxylation is 1. The van der Waals surface area contributed by atoms with Gasteiger partial charge in [0.1, 0.15) is 5.84 Å². The van der Waals surface area contributed by atoms with E-state index in [0.717, 1.165) is 22.2 Å². The zero-order chi connectivity index (χ0) is 20.4. The van der Waals surface area contributed by atoms with E-state index in [1.54, 1.807) is 33.1 Å². The molecule has 0 amide bonds. The number of nitrogens with one attached hydrogen (secondary N) is 1. The molecule has 2 heterocycles. The number of fused-ring (bicyclic) bond motifs is 1. The van der Waals surface area contributed by atoms with Crippen LogP contribution in [0.1, 0.15) is 5.56 Å². The predicted octanol–water partition coefficient (Wildman–Crippen LogP) is 3.66. The first kappa shape index (κ1) is 19.1. The predicted molar refractivity (Wildman–Crippen MR) is 113 cm³/mol. The van der Waals surface area contributed by atoms with Gasteiger partial charge in [0.05, 0.1) is 32.8 Å². The fourth-order valence-electron chi connectivity index (χ4n) is 2.99. The summed E-state index contributed by atoms with van der Waals surface area (Å²) in [6, 6.07) is 11.8. The van der Waals surface area contributed by atoms with E-state index in [9.17, 15) is 0 Å². The van der Waals surface area contributed by atoms with Gasteiger partial charge < -0.3 is 14.2 Å². The van der Waals surface area contributed by atoms with Crippen molar-refractivity contribution in [1.82, 2.24) is 14.9 Å². The molecule has 150 valence electrons. The molecule has 9 heteroatoms. The van der Waals surface area contributed by atoms with Crippen LogP contribution in [0.5, 0.6) is 17.2 Å². The number of amidine groups is 1. The van der Waals surface area contributed by atoms with E-state index in [1.807, 2.05) is 41.1 Å². The molecule has 0 saturated carbocycles. The fraction of sp³-hybridized carbons (Fsp3) is 0.250. The maximum absolute atomic E-state index is 5.46. The van der Waals surface area contributed by atoms with Gasteiger partial charge in [-0.3, -0.25) is 5.43 Å². The third kappa shape index (κ3) is 3.73. The molecule has 0 aliphatic carbocycles. The Hall–Kier alpha value is -3.20. The van der Waals surface area contributed by atoms with Crippen molar-refractivity contribution < 1.29 is 14.2 Å². The van der Waals surface area contributed by atoms with E-state index >= 15 is 0 Å². The first-order valence-electron chi connectivity index (χ1n) is 8.92. The molecule has 1 aliphatic rings. The first-order chi connectivity index (χ1) is 14.1. The van der Waals surface area contributed by atoms with Gasteiger partial charge in [0.15, 0.2) is 17.3 Å². The molecule has 3 aromatic rings. The molecule has 0 atom stereocenters. The van der Waals surface area contributed by atoms with Crippen LogP contribution in [-0.2, 0) is 0 Å². The zero-order valence-electron chi connectivity index (χ0n) is 16.6. The van der Waals surface area contributed by atoms with Crippen molar-refractivity contribution in [3.05, 3.63) is 42.0 Å². The molecule has 29 heavy (non-hydrogen) atoms. The summed E-state index contributed by atoms with van der Waals surface area (Å²) in [7, 11) is 4.74. The van der Waals surface area contributed by atoms with E-state index in [0.29, 0.717) is 28.8 Å². The number of hydrogen-bond donors (Lipinski definition) is 1. The lowest BCUT2D eigenvalue weighted by Gasteiger charge is -2.19. The minimum atomic E-state index is 0.529. The van der Waals surface area contributed by atoms with Crippen LogP contribution in [0.4, 0.5) is 5.69 Å². The van der Waals surface area contributed by atoms with E-state index < -0.39 is 0 Å². The van der Waals surface area contributed by atoms with Gasteiger partial charge in [0.25, 0.3) is 0 Å². The summed E-state index contributed by atoms with van der Waals surface area (Å²) in [4.78, 5) is 4.71. The molecule has 0 spiro atoms. The van der Waals surface area contributed by atoms with Crippen molar-refractivity contribution in [3.8, 4) is 28.6 Å². The minimum Gasteiger partial charge on any atom is -0.493 e. The number of rotatable bonds is 5. The number of aromatic nitrogens is 3. The largest absolute Gasteiger partial charge is 0.493 e. The van der Waals surface area contributed by atoms with Crippen molar-refractivity contribution in [3.63, 3.8) is 0 Å². The molecule has 1 aliphatic heterocycles. The van der Waals surface area contributed by atoms with Gasteiger partial charge in [0.2, 0.25) is 10.9 Å². The van der Waals surface area contributed by atoms with Crippen molar-refractivity contribution in [2.45, 2.75) is 12.1 Å². The normalized spacial score (nSPS) is 14.3. The van der Waals surface area contributed by atoms with Crippen LogP contribution in [-0.4, -0.2) is 47.8 Å². The molecule has 0 unspecified atom stereocenters. The van der Waals surface area contributed by atoms with Crippen LogP contribution < -0.4 is 19.6 Å². The lowest BCUT2D eigenvalue weighted by molar-refractivity contribution is 0.324. The average molecular weight is 411 g/mol. The fourth-order valence-corrected chi connectivity index (χ4v) is 3.74. The summed E-state index contributed by atoms with van der Waals surface area (Å²) in [5.74, 6) is 3.76. The molecule has 1 aromatic heterocycles. The summed E-state index contributed by atoms with van der Waals surface area (Å²) >= 11 is 1.57.